The second kappa shape index (κ2) is 8.41. The van der Waals surface area contributed by atoms with E-state index < -0.39 is 17.7 Å². The van der Waals surface area contributed by atoms with Crippen molar-refractivity contribution < 1.29 is 27.5 Å². The Morgan fingerprint density at radius 3 is 2.29 bits per heavy atom. The third-order valence-corrected chi connectivity index (χ3v) is 4.52. The zero-order chi connectivity index (χ0) is 21.1. The van der Waals surface area contributed by atoms with Gasteiger partial charge in [0, 0.05) is 13.1 Å². The molecule has 1 aliphatic rings. The first kappa shape index (κ1) is 22.0. The van der Waals surface area contributed by atoms with Crippen LogP contribution in [0.3, 0.4) is 0 Å². The summed E-state index contributed by atoms with van der Waals surface area (Å²) in [6, 6.07) is 6.75. The zero-order valence-electron chi connectivity index (χ0n) is 16.6. The highest BCUT2D eigenvalue weighted by molar-refractivity contribution is 5.81. The van der Waals surface area contributed by atoms with Gasteiger partial charge in [0.15, 0.2) is 0 Å². The van der Waals surface area contributed by atoms with E-state index in [1.165, 1.54) is 0 Å². The molecule has 0 aromatic heterocycles. The molecule has 8 heteroatoms. The third-order valence-electron chi connectivity index (χ3n) is 4.52. The number of nitrogens with one attached hydrogen (secondary N) is 1. The average molecular weight is 400 g/mol. The SMILES string of the molecule is C[C@H]1CC[C@H](c2ccc(CNC(=O)C(F)(F)F)cc2)N(C(=O)OC(C)(C)C)C1. The van der Waals surface area contributed by atoms with E-state index in [0.717, 1.165) is 18.4 Å². The van der Waals surface area contributed by atoms with Gasteiger partial charge in [0.05, 0.1) is 6.04 Å². The Bertz CT molecular complexity index is 696. The van der Waals surface area contributed by atoms with Gasteiger partial charge in [-0.15, -0.1) is 0 Å². The molecule has 1 aromatic carbocycles. The minimum Gasteiger partial charge on any atom is -0.444 e. The van der Waals surface area contributed by atoms with E-state index in [0.29, 0.717) is 18.0 Å². The maximum Gasteiger partial charge on any atom is 0.471 e. The lowest BCUT2D eigenvalue weighted by Gasteiger charge is -2.39. The van der Waals surface area contributed by atoms with Gasteiger partial charge in [-0.1, -0.05) is 31.2 Å². The minimum absolute atomic E-state index is 0.148. The van der Waals surface area contributed by atoms with Crippen molar-refractivity contribution in [2.24, 2.45) is 5.92 Å². The normalized spacial score (nSPS) is 20.6. The quantitative estimate of drug-likeness (QED) is 0.808. The van der Waals surface area contributed by atoms with Gasteiger partial charge < -0.3 is 15.0 Å². The van der Waals surface area contributed by atoms with Crippen molar-refractivity contribution >= 4 is 12.0 Å². The smallest absolute Gasteiger partial charge is 0.444 e. The zero-order valence-corrected chi connectivity index (χ0v) is 16.6. The molecule has 1 N–H and O–H groups in total. The predicted molar refractivity (Wildman–Crippen MR) is 98.4 cm³/mol. The monoisotopic (exact) mass is 400 g/mol. The summed E-state index contributed by atoms with van der Waals surface area (Å²) in [5.41, 5.74) is 0.848. The number of carbonyl (C=O) groups excluding carboxylic acids is 2. The molecule has 0 spiro atoms. The van der Waals surface area contributed by atoms with Gasteiger partial charge in [0.2, 0.25) is 0 Å². The molecular weight excluding hydrogens is 373 g/mol. The lowest BCUT2D eigenvalue weighted by atomic mass is 9.90. The number of halogens is 3. The summed E-state index contributed by atoms with van der Waals surface area (Å²) in [5.74, 6) is -1.60. The fraction of sp³-hybridized carbons (Fsp3) is 0.600. The first-order chi connectivity index (χ1) is 12.9. The van der Waals surface area contributed by atoms with Crippen molar-refractivity contribution in [1.29, 1.82) is 0 Å². The number of benzene rings is 1. The van der Waals surface area contributed by atoms with Gasteiger partial charge in [-0.05, 0) is 50.7 Å². The number of likely N-dealkylation sites (tertiary alicyclic amines) is 1. The molecule has 5 nitrogen and oxygen atoms in total. The largest absolute Gasteiger partial charge is 0.471 e. The van der Waals surface area contributed by atoms with Crippen molar-refractivity contribution in [3.63, 3.8) is 0 Å². The highest BCUT2D eigenvalue weighted by Crippen LogP contribution is 2.34. The molecule has 1 saturated heterocycles. The molecule has 156 valence electrons. The fourth-order valence-electron chi connectivity index (χ4n) is 3.16. The van der Waals surface area contributed by atoms with Crippen LogP contribution >= 0.6 is 0 Å². The molecule has 1 heterocycles. The molecule has 1 aromatic rings. The van der Waals surface area contributed by atoms with Gasteiger partial charge in [0.25, 0.3) is 0 Å². The molecule has 0 bridgehead atoms. The standard InChI is InChI=1S/C20H27F3N2O3/c1-13-5-10-16(25(12-13)18(27)28-19(2,3)4)15-8-6-14(7-9-15)11-24-17(26)20(21,22)23/h6-9,13,16H,5,10-12H2,1-4H3,(H,24,26)/t13-,16+/m0/s1. The first-order valence-electron chi connectivity index (χ1n) is 9.30. The van der Waals surface area contributed by atoms with E-state index in [-0.39, 0.29) is 18.7 Å². The highest BCUT2D eigenvalue weighted by atomic mass is 19.4. The van der Waals surface area contributed by atoms with Crippen LogP contribution in [0, 0.1) is 5.92 Å². The summed E-state index contributed by atoms with van der Waals surface area (Å²) in [5, 5.41) is 1.85. The molecule has 0 aliphatic carbocycles. The first-order valence-corrected chi connectivity index (χ1v) is 9.30. The second-order valence-electron chi connectivity index (χ2n) is 8.25. The predicted octanol–water partition coefficient (Wildman–Crippen LogP) is 4.57. The Kier molecular flexibility index (Phi) is 6.62. The lowest BCUT2D eigenvalue weighted by Crippen LogP contribution is -2.44. The van der Waals surface area contributed by atoms with Crippen LogP contribution in [0.4, 0.5) is 18.0 Å². The lowest BCUT2D eigenvalue weighted by molar-refractivity contribution is -0.173. The highest BCUT2D eigenvalue weighted by Gasteiger charge is 2.38. The average Bonchev–Trinajstić information content (AvgIpc) is 2.58. The summed E-state index contributed by atoms with van der Waals surface area (Å²) in [4.78, 5) is 25.3. The van der Waals surface area contributed by atoms with Crippen LogP contribution in [-0.4, -0.2) is 35.2 Å². The van der Waals surface area contributed by atoms with E-state index in [2.05, 4.69) is 6.92 Å². The Morgan fingerprint density at radius 1 is 1.14 bits per heavy atom. The van der Waals surface area contributed by atoms with Crippen LogP contribution in [0.2, 0.25) is 0 Å². The Balaban J connectivity index is 2.09. The van der Waals surface area contributed by atoms with Crippen LogP contribution < -0.4 is 5.32 Å². The maximum atomic E-state index is 12.6. The number of nitrogens with zero attached hydrogens (tertiary/aromatic N) is 1. The van der Waals surface area contributed by atoms with Gasteiger partial charge in [-0.2, -0.15) is 13.2 Å². The molecule has 0 radical (unpaired) electrons. The van der Waals surface area contributed by atoms with E-state index in [9.17, 15) is 22.8 Å². The van der Waals surface area contributed by atoms with Crippen molar-refractivity contribution in [2.45, 2.75) is 64.9 Å². The van der Waals surface area contributed by atoms with Crippen LogP contribution in [0.25, 0.3) is 0 Å². The molecule has 2 atom stereocenters. The summed E-state index contributed by atoms with van der Waals surface area (Å²) in [6.45, 7) is 7.91. The molecule has 2 amide bonds. The molecule has 2 rings (SSSR count). The number of ether oxygens (including phenoxy) is 1. The number of hydrogen-bond acceptors (Lipinski definition) is 3. The molecule has 0 saturated carbocycles. The summed E-state index contributed by atoms with van der Waals surface area (Å²) in [6.07, 6.45) is -3.52. The third kappa shape index (κ3) is 6.14. The van der Waals surface area contributed by atoms with Crippen molar-refractivity contribution in [3.05, 3.63) is 35.4 Å². The maximum absolute atomic E-state index is 12.6. The number of hydrogen-bond donors (Lipinski definition) is 1. The molecule has 28 heavy (non-hydrogen) atoms. The van der Waals surface area contributed by atoms with Gasteiger partial charge in [0.1, 0.15) is 5.60 Å². The minimum atomic E-state index is -4.90. The van der Waals surface area contributed by atoms with E-state index >= 15 is 0 Å². The van der Waals surface area contributed by atoms with Crippen molar-refractivity contribution in [1.82, 2.24) is 10.2 Å². The van der Waals surface area contributed by atoms with Crippen LogP contribution in [0.1, 0.15) is 57.7 Å². The molecule has 0 unspecified atom stereocenters. The van der Waals surface area contributed by atoms with E-state index in [4.69, 9.17) is 4.74 Å². The van der Waals surface area contributed by atoms with Crippen molar-refractivity contribution in [3.8, 4) is 0 Å². The number of piperidine rings is 1. The number of carbonyl (C=O) groups is 2. The van der Waals surface area contributed by atoms with E-state index in [1.54, 1.807) is 29.2 Å². The van der Waals surface area contributed by atoms with Gasteiger partial charge in [-0.3, -0.25) is 4.79 Å². The van der Waals surface area contributed by atoms with Gasteiger partial charge >= 0.3 is 18.2 Å². The molecule has 1 aliphatic heterocycles. The second-order valence-corrected chi connectivity index (χ2v) is 8.25. The summed E-state index contributed by atoms with van der Waals surface area (Å²) in [7, 11) is 0. The fourth-order valence-corrected chi connectivity index (χ4v) is 3.16. The Morgan fingerprint density at radius 2 is 1.75 bits per heavy atom. The molecule has 1 fully saturated rings. The summed E-state index contributed by atoms with van der Waals surface area (Å²) < 4.78 is 42.3. The van der Waals surface area contributed by atoms with Gasteiger partial charge in [-0.25, -0.2) is 4.79 Å². The van der Waals surface area contributed by atoms with Crippen LogP contribution in [0.5, 0.6) is 0 Å². The number of rotatable bonds is 3. The Labute approximate surface area is 163 Å². The van der Waals surface area contributed by atoms with Crippen LogP contribution in [-0.2, 0) is 16.1 Å². The number of alkyl halides is 3. The summed E-state index contributed by atoms with van der Waals surface area (Å²) >= 11 is 0. The molecular formula is C20H27F3N2O3. The number of amides is 2. The van der Waals surface area contributed by atoms with Crippen molar-refractivity contribution in [2.75, 3.05) is 6.54 Å². The Hall–Kier alpha value is -2.25. The topological polar surface area (TPSA) is 58.6 Å². The van der Waals surface area contributed by atoms with Crippen LogP contribution in [0.15, 0.2) is 24.3 Å². The van der Waals surface area contributed by atoms with E-state index in [1.807, 2.05) is 26.1 Å².